The first-order chi connectivity index (χ1) is 8.08. The predicted molar refractivity (Wildman–Crippen MR) is 61.6 cm³/mol. The van der Waals surface area contributed by atoms with Gasteiger partial charge in [0.15, 0.2) is 0 Å². The first kappa shape index (κ1) is 12.0. The van der Waals surface area contributed by atoms with Crippen LogP contribution in [0, 0.1) is 5.82 Å². The number of halogens is 2. The SMILES string of the molecule is O=C1CCN(C(=O)c2ccc(Cl)cc2F)CC1. The third-order valence-corrected chi connectivity index (χ3v) is 3.00. The van der Waals surface area contributed by atoms with Crippen LogP contribution in [0.1, 0.15) is 23.2 Å². The lowest BCUT2D eigenvalue weighted by Gasteiger charge is -2.26. The number of hydrogen-bond acceptors (Lipinski definition) is 2. The molecule has 0 aromatic heterocycles. The number of carbonyl (C=O) groups excluding carboxylic acids is 2. The van der Waals surface area contributed by atoms with E-state index in [9.17, 15) is 14.0 Å². The topological polar surface area (TPSA) is 37.4 Å². The molecule has 0 unspecified atom stereocenters. The van der Waals surface area contributed by atoms with E-state index in [1.807, 2.05) is 0 Å². The Balaban J connectivity index is 2.16. The summed E-state index contributed by atoms with van der Waals surface area (Å²) in [4.78, 5) is 24.5. The lowest BCUT2D eigenvalue weighted by Crippen LogP contribution is -2.38. The summed E-state index contributed by atoms with van der Waals surface area (Å²) < 4.78 is 13.5. The van der Waals surface area contributed by atoms with Crippen LogP contribution >= 0.6 is 11.6 Å². The number of nitrogens with zero attached hydrogens (tertiary/aromatic N) is 1. The van der Waals surface area contributed by atoms with Crippen LogP contribution in [-0.2, 0) is 4.79 Å². The molecule has 17 heavy (non-hydrogen) atoms. The van der Waals surface area contributed by atoms with Gasteiger partial charge in [-0.25, -0.2) is 4.39 Å². The Morgan fingerprint density at radius 1 is 1.29 bits per heavy atom. The summed E-state index contributed by atoms with van der Waals surface area (Å²) in [5.41, 5.74) is 0.00347. The summed E-state index contributed by atoms with van der Waals surface area (Å²) in [5.74, 6) is -0.864. The van der Waals surface area contributed by atoms with Crippen LogP contribution in [0.3, 0.4) is 0 Å². The number of amides is 1. The number of likely N-dealkylation sites (tertiary alicyclic amines) is 1. The van der Waals surface area contributed by atoms with E-state index in [1.165, 1.54) is 17.0 Å². The van der Waals surface area contributed by atoms with Gasteiger partial charge in [0.2, 0.25) is 0 Å². The van der Waals surface area contributed by atoms with E-state index in [4.69, 9.17) is 11.6 Å². The smallest absolute Gasteiger partial charge is 0.256 e. The van der Waals surface area contributed by atoms with Crippen molar-refractivity contribution in [3.8, 4) is 0 Å². The fourth-order valence-electron chi connectivity index (χ4n) is 1.79. The number of carbonyl (C=O) groups is 2. The largest absolute Gasteiger partial charge is 0.338 e. The molecule has 1 aliphatic heterocycles. The molecule has 0 bridgehead atoms. The van der Waals surface area contributed by atoms with Gasteiger partial charge in [0.05, 0.1) is 5.56 Å². The van der Waals surface area contributed by atoms with Crippen LogP contribution < -0.4 is 0 Å². The number of ketones is 1. The minimum absolute atomic E-state index is 0.00347. The highest BCUT2D eigenvalue weighted by Gasteiger charge is 2.23. The second kappa shape index (κ2) is 4.84. The number of piperidine rings is 1. The van der Waals surface area contributed by atoms with E-state index in [-0.39, 0.29) is 22.3 Å². The van der Waals surface area contributed by atoms with Gasteiger partial charge in [-0.3, -0.25) is 9.59 Å². The molecule has 0 saturated carbocycles. The molecule has 5 heteroatoms. The van der Waals surface area contributed by atoms with E-state index in [1.54, 1.807) is 0 Å². The quantitative estimate of drug-likeness (QED) is 0.772. The Morgan fingerprint density at radius 2 is 1.94 bits per heavy atom. The number of hydrogen-bond donors (Lipinski definition) is 0. The third kappa shape index (κ3) is 2.64. The average Bonchev–Trinajstić information content (AvgIpc) is 2.29. The highest BCUT2D eigenvalue weighted by molar-refractivity contribution is 6.30. The van der Waals surface area contributed by atoms with E-state index in [2.05, 4.69) is 0 Å². The van der Waals surface area contributed by atoms with Gasteiger partial charge in [-0.05, 0) is 18.2 Å². The molecule has 1 aromatic carbocycles. The highest BCUT2D eigenvalue weighted by Crippen LogP contribution is 2.18. The van der Waals surface area contributed by atoms with Crippen molar-refractivity contribution in [3.05, 3.63) is 34.6 Å². The summed E-state index contributed by atoms with van der Waals surface area (Å²) in [7, 11) is 0. The molecule has 1 heterocycles. The van der Waals surface area contributed by atoms with E-state index in [0.717, 1.165) is 6.07 Å². The zero-order valence-corrected chi connectivity index (χ0v) is 9.84. The van der Waals surface area contributed by atoms with Crippen molar-refractivity contribution in [2.45, 2.75) is 12.8 Å². The molecule has 3 nitrogen and oxygen atoms in total. The third-order valence-electron chi connectivity index (χ3n) is 2.77. The zero-order chi connectivity index (χ0) is 12.4. The van der Waals surface area contributed by atoms with E-state index >= 15 is 0 Å². The van der Waals surface area contributed by atoms with Crippen LogP contribution in [-0.4, -0.2) is 29.7 Å². The van der Waals surface area contributed by atoms with E-state index < -0.39 is 5.82 Å². The van der Waals surface area contributed by atoms with Crippen molar-refractivity contribution >= 4 is 23.3 Å². The van der Waals surface area contributed by atoms with Crippen LogP contribution in [0.4, 0.5) is 4.39 Å². The molecule has 1 fully saturated rings. The molecule has 90 valence electrons. The first-order valence-corrected chi connectivity index (χ1v) is 5.72. The fraction of sp³-hybridized carbons (Fsp3) is 0.333. The Hall–Kier alpha value is -1.42. The average molecular weight is 256 g/mol. The molecule has 0 N–H and O–H groups in total. The zero-order valence-electron chi connectivity index (χ0n) is 9.08. The number of rotatable bonds is 1. The van der Waals surface area contributed by atoms with Crippen molar-refractivity contribution in [2.24, 2.45) is 0 Å². The van der Waals surface area contributed by atoms with Crippen LogP contribution in [0.2, 0.25) is 5.02 Å². The maximum Gasteiger partial charge on any atom is 0.256 e. The molecule has 2 rings (SSSR count). The second-order valence-corrected chi connectivity index (χ2v) is 4.39. The molecule has 1 aromatic rings. The van der Waals surface area contributed by atoms with Crippen LogP contribution in [0.15, 0.2) is 18.2 Å². The van der Waals surface area contributed by atoms with Crippen molar-refractivity contribution in [1.82, 2.24) is 4.90 Å². The first-order valence-electron chi connectivity index (χ1n) is 5.34. The monoisotopic (exact) mass is 255 g/mol. The summed E-state index contributed by atoms with van der Waals surface area (Å²) in [6.45, 7) is 0.722. The van der Waals surface area contributed by atoms with Gasteiger partial charge in [0, 0.05) is 31.0 Å². The summed E-state index contributed by atoms with van der Waals surface area (Å²) in [5, 5.41) is 0.257. The molecule has 1 amide bonds. The normalized spacial score (nSPS) is 16.1. The molecule has 0 spiro atoms. The fourth-order valence-corrected chi connectivity index (χ4v) is 1.95. The van der Waals surface area contributed by atoms with Crippen LogP contribution in [0.5, 0.6) is 0 Å². The number of benzene rings is 1. The van der Waals surface area contributed by atoms with Gasteiger partial charge in [-0.2, -0.15) is 0 Å². The van der Waals surface area contributed by atoms with Gasteiger partial charge < -0.3 is 4.90 Å². The Bertz CT molecular complexity index is 466. The molecular weight excluding hydrogens is 245 g/mol. The minimum Gasteiger partial charge on any atom is -0.338 e. The van der Waals surface area contributed by atoms with Crippen molar-refractivity contribution in [1.29, 1.82) is 0 Å². The minimum atomic E-state index is -0.626. The Morgan fingerprint density at radius 3 is 2.53 bits per heavy atom. The molecular formula is C12H11ClFNO2. The predicted octanol–water partition coefficient (Wildman–Crippen LogP) is 2.28. The lowest BCUT2D eigenvalue weighted by molar-refractivity contribution is -0.120. The maximum absolute atomic E-state index is 13.5. The van der Waals surface area contributed by atoms with Crippen LogP contribution in [0.25, 0.3) is 0 Å². The van der Waals surface area contributed by atoms with Gasteiger partial charge in [0.1, 0.15) is 11.6 Å². The second-order valence-electron chi connectivity index (χ2n) is 3.96. The van der Waals surface area contributed by atoms with Gasteiger partial charge >= 0.3 is 0 Å². The summed E-state index contributed by atoms with van der Waals surface area (Å²) in [6, 6.07) is 3.97. The molecule has 1 saturated heterocycles. The Kier molecular flexibility index (Phi) is 3.43. The summed E-state index contributed by atoms with van der Waals surface area (Å²) in [6.07, 6.45) is 0.696. The lowest BCUT2D eigenvalue weighted by atomic mass is 10.1. The van der Waals surface area contributed by atoms with Crippen molar-refractivity contribution in [3.63, 3.8) is 0 Å². The Labute approximate surface area is 103 Å². The van der Waals surface area contributed by atoms with Gasteiger partial charge in [0.25, 0.3) is 5.91 Å². The molecule has 0 radical (unpaired) electrons. The van der Waals surface area contributed by atoms with Gasteiger partial charge in [-0.15, -0.1) is 0 Å². The standard InChI is InChI=1S/C12H11ClFNO2/c13-8-1-2-10(11(14)7-8)12(17)15-5-3-9(16)4-6-15/h1-2,7H,3-6H2. The molecule has 0 aliphatic carbocycles. The van der Waals surface area contributed by atoms with Gasteiger partial charge in [-0.1, -0.05) is 11.6 Å². The highest BCUT2D eigenvalue weighted by atomic mass is 35.5. The van der Waals surface area contributed by atoms with Crippen molar-refractivity contribution < 1.29 is 14.0 Å². The maximum atomic E-state index is 13.5. The molecule has 0 atom stereocenters. The number of Topliss-reactive ketones (excluding diaryl/α,β-unsaturated/α-hetero) is 1. The van der Waals surface area contributed by atoms with E-state index in [0.29, 0.717) is 25.9 Å². The van der Waals surface area contributed by atoms with Crippen molar-refractivity contribution in [2.75, 3.05) is 13.1 Å². The molecule has 1 aliphatic rings. The summed E-state index contributed by atoms with van der Waals surface area (Å²) >= 11 is 5.62.